The fourth-order valence-electron chi connectivity index (χ4n) is 9.19. The Balaban J connectivity index is 3.49. The normalized spacial score (nSPS) is 12.9. The van der Waals surface area contributed by atoms with E-state index in [0.29, 0.717) is 25.9 Å². The number of hydrogen-bond acceptors (Lipinski definition) is 5. The molecule has 0 aromatic heterocycles. The zero-order chi connectivity index (χ0) is 50.0. The second-order valence-corrected chi connectivity index (χ2v) is 20.7. The first-order valence-corrected chi connectivity index (χ1v) is 30.4. The number of aliphatic hydroxyl groups is 2. The van der Waals surface area contributed by atoms with Gasteiger partial charge in [-0.2, -0.15) is 0 Å². The van der Waals surface area contributed by atoms with Gasteiger partial charge in [0.05, 0.1) is 25.4 Å². The molecular formula is C63H117NO5. The Kier molecular flexibility index (Phi) is 56.5. The molecule has 0 bridgehead atoms. The van der Waals surface area contributed by atoms with E-state index in [0.717, 1.165) is 77.0 Å². The maximum absolute atomic E-state index is 12.5. The van der Waals surface area contributed by atoms with E-state index in [-0.39, 0.29) is 18.5 Å². The number of esters is 1. The lowest BCUT2D eigenvalue weighted by molar-refractivity contribution is -0.143. The summed E-state index contributed by atoms with van der Waals surface area (Å²) in [6.07, 6.45) is 73.9. The highest BCUT2D eigenvalue weighted by Gasteiger charge is 2.20. The van der Waals surface area contributed by atoms with Gasteiger partial charge in [0.2, 0.25) is 5.91 Å². The summed E-state index contributed by atoms with van der Waals surface area (Å²) in [5.41, 5.74) is 0. The molecule has 0 aromatic carbocycles. The minimum atomic E-state index is -0.673. The van der Waals surface area contributed by atoms with Crippen molar-refractivity contribution in [1.82, 2.24) is 5.32 Å². The zero-order valence-corrected chi connectivity index (χ0v) is 46.0. The number of carbonyl (C=O) groups excluding carboxylic acids is 2. The lowest BCUT2D eigenvalue weighted by Crippen LogP contribution is -2.45. The average molecular weight is 969 g/mol. The lowest BCUT2D eigenvalue weighted by Gasteiger charge is -2.22. The molecule has 3 N–H and O–H groups in total. The first-order valence-electron chi connectivity index (χ1n) is 30.4. The second-order valence-electron chi connectivity index (χ2n) is 20.7. The summed E-state index contributed by atoms with van der Waals surface area (Å²) in [4.78, 5) is 24.5. The predicted octanol–water partition coefficient (Wildman–Crippen LogP) is 19.0. The quantitative estimate of drug-likeness (QED) is 0.0244. The molecular weight excluding hydrogens is 851 g/mol. The van der Waals surface area contributed by atoms with Crippen LogP contribution in [0, 0.1) is 0 Å². The number of amides is 1. The molecule has 404 valence electrons. The van der Waals surface area contributed by atoms with Gasteiger partial charge < -0.3 is 20.3 Å². The summed E-state index contributed by atoms with van der Waals surface area (Å²) >= 11 is 0. The van der Waals surface area contributed by atoms with Gasteiger partial charge in [-0.1, -0.05) is 262 Å². The molecule has 2 atom stereocenters. The van der Waals surface area contributed by atoms with Crippen molar-refractivity contribution in [3.63, 3.8) is 0 Å². The van der Waals surface area contributed by atoms with Crippen molar-refractivity contribution in [2.75, 3.05) is 13.2 Å². The molecule has 1 amide bonds. The molecule has 2 unspecified atom stereocenters. The van der Waals surface area contributed by atoms with Gasteiger partial charge in [0, 0.05) is 12.8 Å². The number of allylic oxidation sites excluding steroid dienone is 8. The number of carbonyl (C=O) groups is 2. The van der Waals surface area contributed by atoms with E-state index in [1.54, 1.807) is 0 Å². The van der Waals surface area contributed by atoms with E-state index in [1.165, 1.54) is 205 Å². The SMILES string of the molecule is CCCCCC/C=C\C/C=C\CCCCCCCC(=O)OCCCCC/C=C\C=C/CCCCCCCCCCCCC(=O)NC(CO)C(O)CCCCCCCCCCCCCCCCCCC. The van der Waals surface area contributed by atoms with Crippen LogP contribution in [0.15, 0.2) is 48.6 Å². The molecule has 0 saturated carbocycles. The highest BCUT2D eigenvalue weighted by molar-refractivity contribution is 5.76. The lowest BCUT2D eigenvalue weighted by atomic mass is 10.0. The van der Waals surface area contributed by atoms with Crippen LogP contribution in [0.3, 0.4) is 0 Å². The van der Waals surface area contributed by atoms with Crippen LogP contribution in [-0.4, -0.2) is 47.4 Å². The monoisotopic (exact) mass is 968 g/mol. The minimum Gasteiger partial charge on any atom is -0.466 e. The smallest absolute Gasteiger partial charge is 0.305 e. The molecule has 0 saturated heterocycles. The van der Waals surface area contributed by atoms with E-state index >= 15 is 0 Å². The van der Waals surface area contributed by atoms with E-state index in [2.05, 4.69) is 67.8 Å². The maximum atomic E-state index is 12.5. The summed E-state index contributed by atoms with van der Waals surface area (Å²) in [6, 6.07) is -0.551. The standard InChI is InChI=1S/C63H117NO5/c1-3-5-7-9-11-13-15-17-19-24-27-31-35-39-43-47-51-55-61(66)60(59-65)64-62(67)56-52-48-44-40-36-32-28-25-22-21-23-26-30-34-38-42-46-50-54-58-69-63(68)57-53-49-45-41-37-33-29-20-18-16-14-12-10-8-6-4-2/h14,16,20,26,29-30,34,38,60-61,65-66H,3-13,15,17-19,21-25,27-28,31-33,35-37,39-59H2,1-2H3,(H,64,67)/b16-14-,29-20-,30-26-,38-34-. The first kappa shape index (κ1) is 66.8. The van der Waals surface area contributed by atoms with E-state index in [1.807, 2.05) is 0 Å². The van der Waals surface area contributed by atoms with Gasteiger partial charge in [-0.25, -0.2) is 0 Å². The fraction of sp³-hybridized carbons (Fsp3) is 0.841. The Morgan fingerprint density at radius 1 is 0.420 bits per heavy atom. The molecule has 69 heavy (non-hydrogen) atoms. The van der Waals surface area contributed by atoms with Crippen LogP contribution in [0.25, 0.3) is 0 Å². The van der Waals surface area contributed by atoms with Gasteiger partial charge in [0.15, 0.2) is 0 Å². The average Bonchev–Trinajstić information content (AvgIpc) is 3.35. The topological polar surface area (TPSA) is 95.9 Å². The molecule has 0 rings (SSSR count). The maximum Gasteiger partial charge on any atom is 0.305 e. The Morgan fingerprint density at radius 2 is 0.768 bits per heavy atom. The zero-order valence-electron chi connectivity index (χ0n) is 46.0. The molecule has 0 aliphatic carbocycles. The first-order chi connectivity index (χ1) is 34.0. The van der Waals surface area contributed by atoms with Crippen molar-refractivity contribution < 1.29 is 24.5 Å². The third kappa shape index (κ3) is 55.0. The molecule has 0 fully saturated rings. The summed E-state index contributed by atoms with van der Waals surface area (Å²) in [5, 5.41) is 23.3. The van der Waals surface area contributed by atoms with Crippen LogP contribution in [-0.2, 0) is 14.3 Å². The third-order valence-electron chi connectivity index (χ3n) is 13.9. The molecule has 6 heteroatoms. The Bertz CT molecular complexity index is 1160. The van der Waals surface area contributed by atoms with Gasteiger partial charge in [-0.3, -0.25) is 9.59 Å². The van der Waals surface area contributed by atoms with Crippen LogP contribution in [0.2, 0.25) is 0 Å². The summed E-state index contributed by atoms with van der Waals surface area (Å²) < 4.78 is 5.45. The molecule has 6 nitrogen and oxygen atoms in total. The highest BCUT2D eigenvalue weighted by Crippen LogP contribution is 2.17. The van der Waals surface area contributed by atoms with Crippen LogP contribution in [0.1, 0.15) is 316 Å². The van der Waals surface area contributed by atoms with E-state index in [4.69, 9.17) is 4.74 Å². The Labute approximate surface area is 429 Å². The van der Waals surface area contributed by atoms with Crippen LogP contribution in [0.5, 0.6) is 0 Å². The number of rotatable bonds is 56. The molecule has 0 aromatic rings. The molecule has 0 heterocycles. The summed E-state index contributed by atoms with van der Waals surface area (Å²) in [6.45, 7) is 4.90. The van der Waals surface area contributed by atoms with Gasteiger partial charge in [-0.15, -0.1) is 0 Å². The molecule has 0 aliphatic heterocycles. The number of unbranched alkanes of at least 4 members (excludes halogenated alkanes) is 38. The van der Waals surface area contributed by atoms with Crippen molar-refractivity contribution >= 4 is 11.9 Å². The third-order valence-corrected chi connectivity index (χ3v) is 13.9. The Hall–Kier alpha value is -2.18. The summed E-state index contributed by atoms with van der Waals surface area (Å²) in [7, 11) is 0. The van der Waals surface area contributed by atoms with Crippen LogP contribution < -0.4 is 5.32 Å². The molecule has 0 aliphatic rings. The van der Waals surface area contributed by atoms with Crippen molar-refractivity contribution in [1.29, 1.82) is 0 Å². The van der Waals surface area contributed by atoms with Crippen molar-refractivity contribution in [3.8, 4) is 0 Å². The number of ether oxygens (including phenoxy) is 1. The van der Waals surface area contributed by atoms with Crippen LogP contribution in [0.4, 0.5) is 0 Å². The fourth-order valence-corrected chi connectivity index (χ4v) is 9.19. The van der Waals surface area contributed by atoms with E-state index in [9.17, 15) is 19.8 Å². The van der Waals surface area contributed by atoms with Crippen molar-refractivity contribution in [3.05, 3.63) is 48.6 Å². The van der Waals surface area contributed by atoms with Gasteiger partial charge in [-0.05, 0) is 89.9 Å². The van der Waals surface area contributed by atoms with Crippen LogP contribution >= 0.6 is 0 Å². The molecule has 0 radical (unpaired) electrons. The summed E-state index contributed by atoms with van der Waals surface area (Å²) in [5.74, 6) is -0.0710. The van der Waals surface area contributed by atoms with Crippen molar-refractivity contribution in [2.45, 2.75) is 328 Å². The Morgan fingerprint density at radius 3 is 1.20 bits per heavy atom. The largest absolute Gasteiger partial charge is 0.466 e. The van der Waals surface area contributed by atoms with Gasteiger partial charge in [0.25, 0.3) is 0 Å². The second kappa shape index (κ2) is 58.4. The van der Waals surface area contributed by atoms with Gasteiger partial charge >= 0.3 is 5.97 Å². The number of nitrogens with one attached hydrogen (secondary N) is 1. The molecule has 0 spiro atoms. The van der Waals surface area contributed by atoms with E-state index < -0.39 is 12.1 Å². The van der Waals surface area contributed by atoms with Gasteiger partial charge in [0.1, 0.15) is 0 Å². The highest BCUT2D eigenvalue weighted by atomic mass is 16.5. The number of aliphatic hydroxyl groups excluding tert-OH is 2. The number of hydrogen-bond donors (Lipinski definition) is 3. The minimum absolute atomic E-state index is 0.0269. The van der Waals surface area contributed by atoms with Crippen molar-refractivity contribution in [2.24, 2.45) is 0 Å². The predicted molar refractivity (Wildman–Crippen MR) is 301 cm³/mol.